The SMILES string of the molecule is COc1cc(/C=C2\C(=O)NC(=O)N(c3cc4c5c(c3)[C@H](c3ccccc3)CCN5CC[C@H]4c3ccccc3)C2=O)ccc1OCc1c(C)ccc2ccccc12. The normalized spacial score (nSPS) is 18.5. The van der Waals surface area contributed by atoms with E-state index in [2.05, 4.69) is 89.9 Å². The van der Waals surface area contributed by atoms with Crippen LogP contribution >= 0.6 is 0 Å². The summed E-state index contributed by atoms with van der Waals surface area (Å²) in [5.41, 5.74) is 8.75. The number of rotatable bonds is 8. The van der Waals surface area contributed by atoms with Crippen LogP contribution in [0.5, 0.6) is 11.5 Å². The smallest absolute Gasteiger partial charge is 0.335 e. The number of fused-ring (bicyclic) bond motifs is 1. The Morgan fingerprint density at radius 2 is 1.38 bits per heavy atom. The van der Waals surface area contributed by atoms with Gasteiger partial charge in [0.1, 0.15) is 12.2 Å². The molecule has 0 aliphatic carbocycles. The summed E-state index contributed by atoms with van der Waals surface area (Å²) < 4.78 is 12.0. The number of nitrogens with zero attached hydrogens (tertiary/aromatic N) is 2. The summed E-state index contributed by atoms with van der Waals surface area (Å²) in [4.78, 5) is 45.1. The van der Waals surface area contributed by atoms with Crippen molar-refractivity contribution in [1.82, 2.24) is 5.32 Å². The molecule has 8 heteroatoms. The van der Waals surface area contributed by atoms with Crippen LogP contribution in [0, 0.1) is 6.92 Å². The Balaban J connectivity index is 1.07. The van der Waals surface area contributed by atoms with Crippen molar-refractivity contribution in [2.45, 2.75) is 38.2 Å². The molecule has 56 heavy (non-hydrogen) atoms. The van der Waals surface area contributed by atoms with Crippen molar-refractivity contribution < 1.29 is 23.9 Å². The van der Waals surface area contributed by atoms with E-state index < -0.39 is 17.8 Å². The Morgan fingerprint density at radius 3 is 2.04 bits per heavy atom. The first-order valence-electron chi connectivity index (χ1n) is 19.1. The number of carbonyl (C=O) groups excluding carboxylic acids is 3. The van der Waals surface area contributed by atoms with Gasteiger partial charge in [-0.1, -0.05) is 103 Å². The highest BCUT2D eigenvalue weighted by atomic mass is 16.5. The quantitative estimate of drug-likeness (QED) is 0.124. The van der Waals surface area contributed by atoms with Crippen LogP contribution < -0.4 is 24.6 Å². The number of anilines is 2. The molecule has 3 aliphatic rings. The third-order valence-corrected chi connectivity index (χ3v) is 11.5. The van der Waals surface area contributed by atoms with E-state index in [9.17, 15) is 14.4 Å². The molecule has 0 bridgehead atoms. The Morgan fingerprint density at radius 1 is 0.732 bits per heavy atom. The van der Waals surface area contributed by atoms with E-state index in [0.29, 0.717) is 29.4 Å². The highest BCUT2D eigenvalue weighted by molar-refractivity contribution is 6.39. The molecule has 1 N–H and O–H groups in total. The molecule has 278 valence electrons. The molecule has 6 aromatic carbocycles. The molecule has 9 rings (SSSR count). The maximum absolute atomic E-state index is 14.4. The van der Waals surface area contributed by atoms with Crippen LogP contribution in [0.15, 0.2) is 133 Å². The molecule has 0 unspecified atom stereocenters. The highest BCUT2D eigenvalue weighted by Crippen LogP contribution is 2.50. The zero-order valence-corrected chi connectivity index (χ0v) is 31.3. The zero-order valence-electron chi connectivity index (χ0n) is 31.3. The molecule has 0 radical (unpaired) electrons. The van der Waals surface area contributed by atoms with Crippen molar-refractivity contribution in [1.29, 1.82) is 0 Å². The predicted molar refractivity (Wildman–Crippen MR) is 219 cm³/mol. The summed E-state index contributed by atoms with van der Waals surface area (Å²) in [5.74, 6) is -0.312. The topological polar surface area (TPSA) is 88.2 Å². The van der Waals surface area contributed by atoms with Gasteiger partial charge in [-0.2, -0.15) is 0 Å². The maximum Gasteiger partial charge on any atom is 0.335 e. The fourth-order valence-corrected chi connectivity index (χ4v) is 8.71. The molecule has 0 aromatic heterocycles. The summed E-state index contributed by atoms with van der Waals surface area (Å²) in [6.07, 6.45) is 3.31. The van der Waals surface area contributed by atoms with Gasteiger partial charge < -0.3 is 14.4 Å². The molecule has 3 aliphatic heterocycles. The van der Waals surface area contributed by atoms with Crippen molar-refractivity contribution in [3.8, 4) is 11.5 Å². The Kier molecular flexibility index (Phi) is 9.09. The van der Waals surface area contributed by atoms with Gasteiger partial charge in [0.05, 0.1) is 12.8 Å². The van der Waals surface area contributed by atoms with Crippen LogP contribution in [0.2, 0.25) is 0 Å². The van der Waals surface area contributed by atoms with E-state index in [1.54, 1.807) is 25.3 Å². The zero-order chi connectivity index (χ0) is 38.3. The van der Waals surface area contributed by atoms with Gasteiger partial charge in [0, 0.05) is 36.2 Å². The standard InChI is InChI=1S/C48H41N3O5/c1-30-17-19-34-15-9-10-16-36(34)42(30)29-56-43-20-18-31(26-44(43)55-2)25-41-46(52)49-48(54)51(47(41)53)35-27-39-37(32-11-5-3-6-12-32)21-23-50-24-22-38(40(28-35)45(39)50)33-13-7-4-8-14-33/h3-20,25-28,37-38H,21-24,29H2,1-2H3,(H,49,52,54)/b41-25+/t37-,38-/m0/s1. The predicted octanol–water partition coefficient (Wildman–Crippen LogP) is 9.28. The van der Waals surface area contributed by atoms with Crippen molar-refractivity contribution in [3.05, 3.63) is 172 Å². The second kappa shape index (κ2) is 14.5. The molecule has 4 amide bonds. The van der Waals surface area contributed by atoms with Gasteiger partial charge in [-0.3, -0.25) is 14.9 Å². The number of barbiturate groups is 1. The third kappa shape index (κ3) is 6.27. The van der Waals surface area contributed by atoms with Crippen molar-refractivity contribution in [2.75, 3.05) is 30.0 Å². The van der Waals surface area contributed by atoms with Gasteiger partial charge in [-0.25, -0.2) is 9.69 Å². The summed E-state index contributed by atoms with van der Waals surface area (Å²) in [5, 5.41) is 4.71. The second-order valence-corrected chi connectivity index (χ2v) is 14.7. The fraction of sp³-hybridized carbons (Fsp3) is 0.188. The fourth-order valence-electron chi connectivity index (χ4n) is 8.71. The Bertz CT molecular complexity index is 2480. The number of carbonyl (C=O) groups is 3. The Labute approximate surface area is 326 Å². The van der Waals surface area contributed by atoms with Crippen LogP contribution in [-0.2, 0) is 16.2 Å². The number of nitrogens with one attached hydrogen (secondary N) is 1. The van der Waals surface area contributed by atoms with Crippen LogP contribution in [0.3, 0.4) is 0 Å². The second-order valence-electron chi connectivity index (χ2n) is 14.7. The first-order chi connectivity index (χ1) is 27.4. The number of imide groups is 2. The van der Waals surface area contributed by atoms with Crippen LogP contribution in [0.4, 0.5) is 16.2 Å². The van der Waals surface area contributed by atoms with E-state index in [4.69, 9.17) is 9.47 Å². The molecule has 6 aromatic rings. The molecule has 1 saturated heterocycles. The number of benzene rings is 6. The number of amides is 4. The minimum atomic E-state index is -0.773. The Hall–Kier alpha value is -6.67. The van der Waals surface area contributed by atoms with Crippen LogP contribution in [0.25, 0.3) is 16.8 Å². The maximum atomic E-state index is 14.4. The van der Waals surface area contributed by atoms with E-state index >= 15 is 0 Å². The number of urea groups is 1. The first kappa shape index (κ1) is 35.1. The van der Waals surface area contributed by atoms with E-state index in [1.165, 1.54) is 22.9 Å². The number of hydrogen-bond donors (Lipinski definition) is 1. The van der Waals surface area contributed by atoms with Crippen LogP contribution in [-0.4, -0.2) is 38.0 Å². The molecular weight excluding hydrogens is 699 g/mol. The highest BCUT2D eigenvalue weighted by Gasteiger charge is 2.40. The number of ether oxygens (including phenoxy) is 2. The molecule has 8 nitrogen and oxygen atoms in total. The third-order valence-electron chi connectivity index (χ3n) is 11.5. The van der Waals surface area contributed by atoms with Gasteiger partial charge >= 0.3 is 6.03 Å². The number of hydrogen-bond acceptors (Lipinski definition) is 6. The molecular formula is C48H41N3O5. The lowest BCUT2D eigenvalue weighted by atomic mass is 9.76. The van der Waals surface area contributed by atoms with Crippen molar-refractivity contribution in [3.63, 3.8) is 0 Å². The van der Waals surface area contributed by atoms with Gasteiger partial charge in [-0.05, 0) is 94.3 Å². The number of methoxy groups -OCH3 is 1. The summed E-state index contributed by atoms with van der Waals surface area (Å²) in [7, 11) is 1.55. The summed E-state index contributed by atoms with van der Waals surface area (Å²) in [6.45, 7) is 4.23. The van der Waals surface area contributed by atoms with E-state index in [0.717, 1.165) is 63.9 Å². The van der Waals surface area contributed by atoms with E-state index in [-0.39, 0.29) is 17.4 Å². The summed E-state index contributed by atoms with van der Waals surface area (Å²) in [6, 6.07) is 41.7. The lowest BCUT2D eigenvalue weighted by Gasteiger charge is -2.44. The minimum Gasteiger partial charge on any atom is -0.493 e. The largest absolute Gasteiger partial charge is 0.493 e. The summed E-state index contributed by atoms with van der Waals surface area (Å²) >= 11 is 0. The van der Waals surface area contributed by atoms with Gasteiger partial charge in [0.15, 0.2) is 11.5 Å². The monoisotopic (exact) mass is 739 g/mol. The molecule has 0 spiro atoms. The van der Waals surface area contributed by atoms with E-state index in [1.807, 2.05) is 36.4 Å². The lowest BCUT2D eigenvalue weighted by molar-refractivity contribution is -0.122. The first-order valence-corrected chi connectivity index (χ1v) is 19.1. The van der Waals surface area contributed by atoms with Gasteiger partial charge in [-0.15, -0.1) is 0 Å². The molecule has 1 fully saturated rings. The molecule has 3 heterocycles. The molecule has 2 atom stereocenters. The van der Waals surface area contributed by atoms with Crippen molar-refractivity contribution >= 4 is 46.1 Å². The minimum absolute atomic E-state index is 0.0768. The van der Waals surface area contributed by atoms with Gasteiger partial charge in [0.25, 0.3) is 11.8 Å². The average Bonchev–Trinajstić information content (AvgIpc) is 3.23. The average molecular weight is 740 g/mol. The van der Waals surface area contributed by atoms with Crippen molar-refractivity contribution in [2.24, 2.45) is 0 Å². The molecule has 0 saturated carbocycles. The number of aryl methyl sites for hydroxylation is 1. The van der Waals surface area contributed by atoms with Gasteiger partial charge in [0.2, 0.25) is 0 Å². The lowest BCUT2D eigenvalue weighted by Crippen LogP contribution is -2.54. The van der Waals surface area contributed by atoms with Crippen LogP contribution in [0.1, 0.15) is 63.6 Å².